The standard InChI is InChI=1S/C14H20FN3O3/c1-2-3-16-13-12(6-10(15)7-17-13)14(19)18-8-11-9-20-4-5-21-11/h6-7,11H,2-5,8-9H2,1H3,(H,16,17)(H,18,19). The van der Waals surface area contributed by atoms with Crippen LogP contribution in [0.4, 0.5) is 10.2 Å². The normalized spacial score (nSPS) is 18.3. The molecule has 0 radical (unpaired) electrons. The van der Waals surface area contributed by atoms with E-state index in [1.54, 1.807) is 0 Å². The van der Waals surface area contributed by atoms with Crippen LogP contribution in [-0.4, -0.2) is 49.9 Å². The average molecular weight is 297 g/mol. The lowest BCUT2D eigenvalue weighted by atomic mass is 10.2. The molecule has 0 bridgehead atoms. The van der Waals surface area contributed by atoms with E-state index in [-0.39, 0.29) is 17.6 Å². The van der Waals surface area contributed by atoms with Gasteiger partial charge in [0.15, 0.2) is 0 Å². The van der Waals surface area contributed by atoms with E-state index in [1.807, 2.05) is 6.92 Å². The van der Waals surface area contributed by atoms with Gasteiger partial charge in [-0.15, -0.1) is 0 Å². The van der Waals surface area contributed by atoms with Crippen LogP contribution in [0.2, 0.25) is 0 Å². The number of aromatic nitrogens is 1. The van der Waals surface area contributed by atoms with Crippen molar-refractivity contribution in [1.29, 1.82) is 0 Å². The lowest BCUT2D eigenvalue weighted by Crippen LogP contribution is -2.40. The molecule has 1 aromatic rings. The number of carbonyl (C=O) groups excluding carboxylic acids is 1. The van der Waals surface area contributed by atoms with Crippen molar-refractivity contribution in [2.45, 2.75) is 19.4 Å². The van der Waals surface area contributed by atoms with Gasteiger partial charge in [-0.1, -0.05) is 6.92 Å². The van der Waals surface area contributed by atoms with Gasteiger partial charge in [0.05, 0.1) is 37.7 Å². The molecule has 1 amide bonds. The van der Waals surface area contributed by atoms with Crippen LogP contribution in [0.3, 0.4) is 0 Å². The van der Waals surface area contributed by atoms with Gasteiger partial charge in [0.2, 0.25) is 0 Å². The summed E-state index contributed by atoms with van der Waals surface area (Å²) in [5.74, 6) is -0.536. The second-order valence-electron chi connectivity index (χ2n) is 4.75. The summed E-state index contributed by atoms with van der Waals surface area (Å²) < 4.78 is 24.0. The van der Waals surface area contributed by atoms with E-state index < -0.39 is 5.82 Å². The van der Waals surface area contributed by atoms with Gasteiger partial charge in [-0.2, -0.15) is 0 Å². The largest absolute Gasteiger partial charge is 0.376 e. The zero-order valence-corrected chi connectivity index (χ0v) is 12.0. The number of nitrogens with zero attached hydrogens (tertiary/aromatic N) is 1. The monoisotopic (exact) mass is 297 g/mol. The van der Waals surface area contributed by atoms with Crippen LogP contribution < -0.4 is 10.6 Å². The Morgan fingerprint density at radius 2 is 2.38 bits per heavy atom. The number of anilines is 1. The number of pyridine rings is 1. The van der Waals surface area contributed by atoms with Gasteiger partial charge >= 0.3 is 0 Å². The average Bonchev–Trinajstić information content (AvgIpc) is 2.52. The first-order valence-electron chi connectivity index (χ1n) is 7.07. The number of hydrogen-bond acceptors (Lipinski definition) is 5. The minimum absolute atomic E-state index is 0.170. The zero-order chi connectivity index (χ0) is 15.1. The van der Waals surface area contributed by atoms with E-state index in [1.165, 1.54) is 6.07 Å². The highest BCUT2D eigenvalue weighted by atomic mass is 19.1. The third kappa shape index (κ3) is 4.64. The Kier molecular flexibility index (Phi) is 5.89. The van der Waals surface area contributed by atoms with Crippen molar-refractivity contribution in [3.63, 3.8) is 0 Å². The smallest absolute Gasteiger partial charge is 0.255 e. The van der Waals surface area contributed by atoms with Crippen molar-refractivity contribution in [1.82, 2.24) is 10.3 Å². The highest BCUT2D eigenvalue weighted by Gasteiger charge is 2.18. The molecule has 0 aromatic carbocycles. The summed E-state index contributed by atoms with van der Waals surface area (Å²) in [5, 5.41) is 5.74. The molecule has 1 fully saturated rings. The first-order valence-corrected chi connectivity index (χ1v) is 7.07. The molecular formula is C14H20FN3O3. The summed E-state index contributed by atoms with van der Waals surface area (Å²) in [6.45, 7) is 4.52. The predicted molar refractivity (Wildman–Crippen MR) is 75.9 cm³/mol. The Balaban J connectivity index is 1.97. The Labute approximate surface area is 123 Å². The molecule has 21 heavy (non-hydrogen) atoms. The van der Waals surface area contributed by atoms with Crippen LogP contribution in [0.1, 0.15) is 23.7 Å². The summed E-state index contributed by atoms with van der Waals surface area (Å²) in [6, 6.07) is 1.18. The summed E-state index contributed by atoms with van der Waals surface area (Å²) in [6.07, 6.45) is 1.80. The molecule has 1 unspecified atom stereocenters. The molecule has 0 saturated carbocycles. The van der Waals surface area contributed by atoms with Crippen LogP contribution in [0, 0.1) is 5.82 Å². The molecule has 1 aliphatic rings. The minimum Gasteiger partial charge on any atom is -0.376 e. The molecule has 1 aliphatic heterocycles. The highest BCUT2D eigenvalue weighted by molar-refractivity contribution is 5.98. The molecule has 116 valence electrons. The lowest BCUT2D eigenvalue weighted by Gasteiger charge is -2.23. The van der Waals surface area contributed by atoms with Gasteiger partial charge in [0.1, 0.15) is 11.6 Å². The topological polar surface area (TPSA) is 72.5 Å². The summed E-state index contributed by atoms with van der Waals surface area (Å²) in [7, 11) is 0. The molecule has 2 rings (SSSR count). The molecule has 1 atom stereocenters. The van der Waals surface area contributed by atoms with Crippen LogP contribution in [0.5, 0.6) is 0 Å². The number of carbonyl (C=O) groups is 1. The number of rotatable bonds is 6. The Hall–Kier alpha value is -1.73. The van der Waals surface area contributed by atoms with Gasteiger partial charge in [-0.25, -0.2) is 9.37 Å². The molecule has 0 aliphatic carbocycles. The second kappa shape index (κ2) is 7.90. The number of amides is 1. The quantitative estimate of drug-likeness (QED) is 0.825. The predicted octanol–water partition coefficient (Wildman–Crippen LogP) is 1.19. The van der Waals surface area contributed by atoms with Crippen molar-refractivity contribution >= 4 is 11.7 Å². The van der Waals surface area contributed by atoms with Crippen molar-refractivity contribution in [3.05, 3.63) is 23.6 Å². The molecule has 2 N–H and O–H groups in total. The number of ether oxygens (including phenoxy) is 2. The summed E-state index contributed by atoms with van der Waals surface area (Å²) >= 11 is 0. The van der Waals surface area contributed by atoms with Crippen molar-refractivity contribution < 1.29 is 18.7 Å². The van der Waals surface area contributed by atoms with Crippen molar-refractivity contribution in [2.75, 3.05) is 38.2 Å². The summed E-state index contributed by atoms with van der Waals surface area (Å²) in [5.41, 5.74) is 0.195. The maximum absolute atomic E-state index is 13.3. The number of halogens is 1. The molecule has 2 heterocycles. The number of nitrogens with one attached hydrogen (secondary N) is 2. The van der Waals surface area contributed by atoms with E-state index in [0.717, 1.165) is 12.6 Å². The van der Waals surface area contributed by atoms with Gasteiger partial charge in [-0.05, 0) is 12.5 Å². The SMILES string of the molecule is CCCNc1ncc(F)cc1C(=O)NCC1COCCO1. The summed E-state index contributed by atoms with van der Waals surface area (Å²) in [4.78, 5) is 16.1. The van der Waals surface area contributed by atoms with Gasteiger partial charge in [-0.3, -0.25) is 4.79 Å². The molecule has 7 heteroatoms. The van der Waals surface area contributed by atoms with E-state index >= 15 is 0 Å². The molecule has 1 aromatic heterocycles. The van der Waals surface area contributed by atoms with Crippen LogP contribution in [0.25, 0.3) is 0 Å². The highest BCUT2D eigenvalue weighted by Crippen LogP contribution is 2.14. The van der Waals surface area contributed by atoms with E-state index in [4.69, 9.17) is 9.47 Å². The van der Waals surface area contributed by atoms with Crippen LogP contribution in [-0.2, 0) is 9.47 Å². The first-order chi connectivity index (χ1) is 10.2. The second-order valence-corrected chi connectivity index (χ2v) is 4.75. The lowest BCUT2D eigenvalue weighted by molar-refractivity contribution is -0.0855. The first kappa shape index (κ1) is 15.7. The third-order valence-electron chi connectivity index (χ3n) is 3.02. The van der Waals surface area contributed by atoms with E-state index in [2.05, 4.69) is 15.6 Å². The number of hydrogen-bond donors (Lipinski definition) is 2. The fourth-order valence-electron chi connectivity index (χ4n) is 1.95. The maximum atomic E-state index is 13.3. The van der Waals surface area contributed by atoms with E-state index in [0.29, 0.717) is 38.7 Å². The Morgan fingerprint density at radius 1 is 1.52 bits per heavy atom. The van der Waals surface area contributed by atoms with Gasteiger partial charge in [0, 0.05) is 13.1 Å². The molecule has 0 spiro atoms. The van der Waals surface area contributed by atoms with E-state index in [9.17, 15) is 9.18 Å². The van der Waals surface area contributed by atoms with Crippen molar-refractivity contribution in [2.24, 2.45) is 0 Å². The fourth-order valence-corrected chi connectivity index (χ4v) is 1.95. The maximum Gasteiger partial charge on any atom is 0.255 e. The van der Waals surface area contributed by atoms with Gasteiger partial charge < -0.3 is 20.1 Å². The van der Waals surface area contributed by atoms with Crippen LogP contribution >= 0.6 is 0 Å². The van der Waals surface area contributed by atoms with Gasteiger partial charge in [0.25, 0.3) is 5.91 Å². The molecule has 6 nitrogen and oxygen atoms in total. The Bertz CT molecular complexity index is 479. The molecule has 1 saturated heterocycles. The van der Waals surface area contributed by atoms with Crippen molar-refractivity contribution in [3.8, 4) is 0 Å². The minimum atomic E-state index is -0.542. The third-order valence-corrected chi connectivity index (χ3v) is 3.02. The van der Waals surface area contributed by atoms with Crippen LogP contribution in [0.15, 0.2) is 12.3 Å². The fraction of sp³-hybridized carbons (Fsp3) is 0.571. The molecular weight excluding hydrogens is 277 g/mol. The zero-order valence-electron chi connectivity index (χ0n) is 12.0. The Morgan fingerprint density at radius 3 is 3.10 bits per heavy atom.